The third-order valence-corrected chi connectivity index (χ3v) is 4.89. The average Bonchev–Trinajstić information content (AvgIpc) is 3.14. The lowest BCUT2D eigenvalue weighted by Crippen LogP contribution is -2.30. The van der Waals surface area contributed by atoms with Crippen LogP contribution in [0.25, 0.3) is 22.3 Å². The molecule has 3 aromatic rings. The Morgan fingerprint density at radius 2 is 2.29 bits per heavy atom. The summed E-state index contributed by atoms with van der Waals surface area (Å²) in [4.78, 5) is 9.25. The zero-order valence-electron chi connectivity index (χ0n) is 16.7. The van der Waals surface area contributed by atoms with Crippen LogP contribution in [0, 0.1) is 0 Å². The standard InChI is InChI=1S/C21H27N5O2/c1-4-28-21-16(8-5-9-22-21)17-11-18(24-15-7-6-10-27-13-15)20-19(25-17)12-23-26(20)14(2)3/h5,8-9,11-12,14-15H,4,6-7,10,13H2,1-3H3,(H,24,25)/t15-/m0/s1. The van der Waals surface area contributed by atoms with Gasteiger partial charge in [-0.2, -0.15) is 5.10 Å². The van der Waals surface area contributed by atoms with E-state index >= 15 is 0 Å². The molecule has 1 fully saturated rings. The fraction of sp³-hybridized carbons (Fsp3) is 0.476. The van der Waals surface area contributed by atoms with Crippen LogP contribution in [-0.2, 0) is 4.74 Å². The summed E-state index contributed by atoms with van der Waals surface area (Å²) in [7, 11) is 0. The van der Waals surface area contributed by atoms with Crippen molar-refractivity contribution >= 4 is 16.7 Å². The maximum atomic E-state index is 5.72. The molecule has 1 N–H and O–H groups in total. The molecule has 4 heterocycles. The maximum absolute atomic E-state index is 5.72. The summed E-state index contributed by atoms with van der Waals surface area (Å²) in [5.41, 5.74) is 4.61. The highest BCUT2D eigenvalue weighted by atomic mass is 16.5. The van der Waals surface area contributed by atoms with Crippen LogP contribution in [0.2, 0.25) is 0 Å². The molecule has 7 heteroatoms. The van der Waals surface area contributed by atoms with E-state index in [0.717, 1.165) is 47.4 Å². The highest BCUT2D eigenvalue weighted by Crippen LogP contribution is 2.34. The summed E-state index contributed by atoms with van der Waals surface area (Å²) in [5, 5.41) is 8.26. The second-order valence-electron chi connectivity index (χ2n) is 7.32. The van der Waals surface area contributed by atoms with Crippen molar-refractivity contribution < 1.29 is 9.47 Å². The summed E-state index contributed by atoms with van der Waals surface area (Å²) in [6, 6.07) is 6.50. The first-order valence-electron chi connectivity index (χ1n) is 9.98. The monoisotopic (exact) mass is 381 g/mol. The van der Waals surface area contributed by atoms with Gasteiger partial charge in [-0.05, 0) is 51.8 Å². The predicted molar refractivity (Wildman–Crippen MR) is 110 cm³/mol. The molecule has 1 saturated heterocycles. The minimum Gasteiger partial charge on any atom is -0.477 e. The number of ether oxygens (including phenoxy) is 2. The largest absolute Gasteiger partial charge is 0.477 e. The molecule has 0 radical (unpaired) electrons. The number of anilines is 1. The molecule has 0 aromatic carbocycles. The maximum Gasteiger partial charge on any atom is 0.222 e. The Hall–Kier alpha value is -2.67. The Bertz CT molecular complexity index is 947. The Morgan fingerprint density at radius 3 is 3.04 bits per heavy atom. The lowest BCUT2D eigenvalue weighted by molar-refractivity contribution is 0.0876. The number of rotatable bonds is 6. The number of pyridine rings is 2. The Morgan fingerprint density at radius 1 is 1.39 bits per heavy atom. The van der Waals surface area contributed by atoms with Crippen LogP contribution in [0.5, 0.6) is 5.88 Å². The second-order valence-corrected chi connectivity index (χ2v) is 7.32. The van der Waals surface area contributed by atoms with Crippen LogP contribution in [0.1, 0.15) is 39.7 Å². The summed E-state index contributed by atoms with van der Waals surface area (Å²) in [6.45, 7) is 8.32. The molecule has 1 atom stereocenters. The van der Waals surface area contributed by atoms with E-state index in [2.05, 4.69) is 35.3 Å². The van der Waals surface area contributed by atoms with Crippen molar-refractivity contribution in [3.63, 3.8) is 0 Å². The smallest absolute Gasteiger partial charge is 0.222 e. The van der Waals surface area contributed by atoms with Gasteiger partial charge in [-0.25, -0.2) is 9.97 Å². The third kappa shape index (κ3) is 3.67. The lowest BCUT2D eigenvalue weighted by atomic mass is 10.1. The summed E-state index contributed by atoms with van der Waals surface area (Å²) < 4.78 is 13.4. The number of hydrogen-bond donors (Lipinski definition) is 1. The highest BCUT2D eigenvalue weighted by molar-refractivity contribution is 5.91. The number of nitrogens with one attached hydrogen (secondary N) is 1. The molecule has 7 nitrogen and oxygen atoms in total. The number of nitrogens with zero attached hydrogens (tertiary/aromatic N) is 4. The lowest BCUT2D eigenvalue weighted by Gasteiger charge is -2.25. The van der Waals surface area contributed by atoms with Gasteiger partial charge in [0.1, 0.15) is 11.0 Å². The normalized spacial score (nSPS) is 17.2. The van der Waals surface area contributed by atoms with E-state index in [1.54, 1.807) is 6.20 Å². The van der Waals surface area contributed by atoms with Gasteiger partial charge in [-0.3, -0.25) is 4.68 Å². The number of hydrogen-bond acceptors (Lipinski definition) is 6. The molecule has 28 heavy (non-hydrogen) atoms. The molecule has 1 aliphatic heterocycles. The third-order valence-electron chi connectivity index (χ3n) is 4.89. The van der Waals surface area contributed by atoms with Gasteiger partial charge in [-0.1, -0.05) is 0 Å². The fourth-order valence-corrected chi connectivity index (χ4v) is 3.61. The van der Waals surface area contributed by atoms with E-state index in [9.17, 15) is 0 Å². The van der Waals surface area contributed by atoms with E-state index in [-0.39, 0.29) is 12.1 Å². The second kappa shape index (κ2) is 8.14. The van der Waals surface area contributed by atoms with Crippen molar-refractivity contribution in [1.29, 1.82) is 0 Å². The van der Waals surface area contributed by atoms with E-state index < -0.39 is 0 Å². The van der Waals surface area contributed by atoms with Gasteiger partial charge in [0.2, 0.25) is 5.88 Å². The molecule has 0 aliphatic carbocycles. The zero-order chi connectivity index (χ0) is 19.5. The molecule has 148 valence electrons. The number of aromatic nitrogens is 4. The van der Waals surface area contributed by atoms with Gasteiger partial charge in [0, 0.05) is 24.9 Å². The van der Waals surface area contributed by atoms with E-state index in [4.69, 9.17) is 14.5 Å². The molecule has 4 rings (SSSR count). The van der Waals surface area contributed by atoms with Crippen molar-refractivity contribution in [2.75, 3.05) is 25.1 Å². The van der Waals surface area contributed by atoms with Crippen LogP contribution in [-0.4, -0.2) is 45.6 Å². The Balaban J connectivity index is 1.83. The van der Waals surface area contributed by atoms with Crippen LogP contribution in [0.4, 0.5) is 5.69 Å². The van der Waals surface area contributed by atoms with Gasteiger partial charge in [0.05, 0.1) is 36.4 Å². The molecular formula is C21H27N5O2. The summed E-state index contributed by atoms with van der Waals surface area (Å²) in [5.74, 6) is 0.597. The van der Waals surface area contributed by atoms with Crippen molar-refractivity contribution in [2.45, 2.75) is 45.7 Å². The van der Waals surface area contributed by atoms with Gasteiger partial charge in [-0.15, -0.1) is 0 Å². The van der Waals surface area contributed by atoms with Gasteiger partial charge >= 0.3 is 0 Å². The summed E-state index contributed by atoms with van der Waals surface area (Å²) in [6.07, 6.45) is 5.73. The van der Waals surface area contributed by atoms with E-state index in [0.29, 0.717) is 19.1 Å². The molecule has 0 spiro atoms. The first kappa shape index (κ1) is 18.7. The fourth-order valence-electron chi connectivity index (χ4n) is 3.61. The van der Waals surface area contributed by atoms with Crippen molar-refractivity contribution in [2.24, 2.45) is 0 Å². The van der Waals surface area contributed by atoms with Crippen LogP contribution >= 0.6 is 0 Å². The molecule has 1 aliphatic rings. The van der Waals surface area contributed by atoms with E-state index in [1.807, 2.05) is 29.9 Å². The van der Waals surface area contributed by atoms with Crippen molar-refractivity contribution in [1.82, 2.24) is 19.7 Å². The molecule has 0 amide bonds. The predicted octanol–water partition coefficient (Wildman–Crippen LogP) is 4.06. The molecule has 0 bridgehead atoms. The van der Waals surface area contributed by atoms with Gasteiger partial charge in [0.15, 0.2) is 0 Å². The SMILES string of the molecule is CCOc1ncccc1-c1cc(N[C@H]2CCCOC2)c2c(cnn2C(C)C)n1. The quantitative estimate of drug-likeness (QED) is 0.694. The minimum absolute atomic E-state index is 0.241. The molecule has 3 aromatic heterocycles. The Labute approximate surface area is 165 Å². The van der Waals surface area contributed by atoms with Crippen molar-refractivity contribution in [3.05, 3.63) is 30.6 Å². The Kier molecular flexibility index (Phi) is 5.43. The topological polar surface area (TPSA) is 74.1 Å². The van der Waals surface area contributed by atoms with Gasteiger partial charge < -0.3 is 14.8 Å². The van der Waals surface area contributed by atoms with E-state index in [1.165, 1.54) is 0 Å². The van der Waals surface area contributed by atoms with Gasteiger partial charge in [0.25, 0.3) is 0 Å². The van der Waals surface area contributed by atoms with Crippen LogP contribution in [0.15, 0.2) is 30.6 Å². The molecular weight excluding hydrogens is 354 g/mol. The zero-order valence-corrected chi connectivity index (χ0v) is 16.7. The first-order valence-corrected chi connectivity index (χ1v) is 9.98. The van der Waals surface area contributed by atoms with Crippen LogP contribution < -0.4 is 10.1 Å². The summed E-state index contributed by atoms with van der Waals surface area (Å²) >= 11 is 0. The molecule has 0 unspecified atom stereocenters. The number of fused-ring (bicyclic) bond motifs is 1. The van der Waals surface area contributed by atoms with Crippen molar-refractivity contribution in [3.8, 4) is 17.1 Å². The first-order chi connectivity index (χ1) is 13.7. The molecule has 0 saturated carbocycles. The average molecular weight is 381 g/mol. The highest BCUT2D eigenvalue weighted by Gasteiger charge is 2.20. The van der Waals surface area contributed by atoms with Crippen LogP contribution in [0.3, 0.4) is 0 Å². The minimum atomic E-state index is 0.241.